The summed E-state index contributed by atoms with van der Waals surface area (Å²) in [6, 6.07) is 0.264. The molecule has 0 aromatic carbocycles. The van der Waals surface area contributed by atoms with Crippen molar-refractivity contribution in [2.45, 2.75) is 71.0 Å². The van der Waals surface area contributed by atoms with E-state index in [1.54, 1.807) is 0 Å². The van der Waals surface area contributed by atoms with Crippen LogP contribution in [0.15, 0.2) is 12.4 Å². The summed E-state index contributed by atoms with van der Waals surface area (Å²) in [6.45, 7) is 10.0. The van der Waals surface area contributed by atoms with Crippen LogP contribution in [0.2, 0.25) is 0 Å². The van der Waals surface area contributed by atoms with Crippen molar-refractivity contribution in [2.24, 2.45) is 5.84 Å². The third-order valence-electron chi connectivity index (χ3n) is 5.26. The van der Waals surface area contributed by atoms with E-state index in [9.17, 15) is 0 Å². The number of nitrogens with zero attached hydrogens (tertiary/aromatic N) is 3. The molecule has 0 aliphatic carbocycles. The van der Waals surface area contributed by atoms with Gasteiger partial charge in [0, 0.05) is 24.3 Å². The Labute approximate surface area is 128 Å². The van der Waals surface area contributed by atoms with Crippen LogP contribution in [0, 0.1) is 0 Å². The molecule has 21 heavy (non-hydrogen) atoms. The highest BCUT2D eigenvalue weighted by molar-refractivity contribution is 5.11. The Morgan fingerprint density at radius 3 is 2.43 bits per heavy atom. The second kappa shape index (κ2) is 7.38. The Balaban J connectivity index is 2.18. The second-order valence-electron chi connectivity index (χ2n) is 6.13. The summed E-state index contributed by atoms with van der Waals surface area (Å²) in [5.41, 5.74) is 4.54. The minimum Gasteiger partial charge on any atom is -0.296 e. The van der Waals surface area contributed by atoms with E-state index in [1.165, 1.54) is 31.5 Å². The molecule has 0 bridgehead atoms. The monoisotopic (exact) mass is 293 g/mol. The van der Waals surface area contributed by atoms with Crippen molar-refractivity contribution in [3.63, 3.8) is 0 Å². The van der Waals surface area contributed by atoms with Gasteiger partial charge in [-0.15, -0.1) is 0 Å². The summed E-state index contributed by atoms with van der Waals surface area (Å²) in [6.07, 6.45) is 9.94. The molecule has 2 rings (SSSR count). The zero-order valence-corrected chi connectivity index (χ0v) is 13.8. The number of hydrogen-bond donors (Lipinski definition) is 2. The van der Waals surface area contributed by atoms with Gasteiger partial charge < -0.3 is 0 Å². The number of aromatic nitrogens is 2. The van der Waals surface area contributed by atoms with Crippen LogP contribution in [0.3, 0.4) is 0 Å². The normalized spacial score (nSPS) is 18.3. The lowest BCUT2D eigenvalue weighted by Crippen LogP contribution is -2.62. The standard InChI is InChI=1S/C16H31N5/c1-4-16(5-2,20-9-7-8-10-20)15(19-17)11-14-12-18-21(6-3)13-14/h12-13,15,19H,4-11,17H2,1-3H3. The van der Waals surface area contributed by atoms with Crippen molar-refractivity contribution >= 4 is 0 Å². The van der Waals surface area contributed by atoms with Crippen LogP contribution in [0.1, 0.15) is 52.0 Å². The van der Waals surface area contributed by atoms with E-state index >= 15 is 0 Å². The highest BCUT2D eigenvalue weighted by atomic mass is 15.3. The molecule has 120 valence electrons. The molecule has 1 aromatic rings. The van der Waals surface area contributed by atoms with Crippen molar-refractivity contribution < 1.29 is 0 Å². The van der Waals surface area contributed by atoms with Gasteiger partial charge in [0.25, 0.3) is 0 Å². The summed E-state index contributed by atoms with van der Waals surface area (Å²) >= 11 is 0. The fraction of sp³-hybridized carbons (Fsp3) is 0.812. The maximum absolute atomic E-state index is 5.96. The van der Waals surface area contributed by atoms with Crippen LogP contribution < -0.4 is 11.3 Å². The molecule has 0 radical (unpaired) electrons. The van der Waals surface area contributed by atoms with Gasteiger partial charge in [-0.25, -0.2) is 0 Å². The zero-order chi connectivity index (χ0) is 15.3. The lowest BCUT2D eigenvalue weighted by molar-refractivity contribution is 0.0620. The van der Waals surface area contributed by atoms with E-state index in [-0.39, 0.29) is 11.6 Å². The lowest BCUT2D eigenvalue weighted by atomic mass is 9.80. The molecule has 1 unspecified atom stereocenters. The molecule has 0 amide bonds. The van der Waals surface area contributed by atoms with Gasteiger partial charge in [-0.1, -0.05) is 13.8 Å². The molecule has 0 spiro atoms. The first-order valence-corrected chi connectivity index (χ1v) is 8.42. The molecular formula is C16H31N5. The van der Waals surface area contributed by atoms with E-state index in [2.05, 4.69) is 42.4 Å². The molecule has 5 nitrogen and oxygen atoms in total. The first-order valence-electron chi connectivity index (χ1n) is 8.42. The molecule has 1 aromatic heterocycles. The maximum Gasteiger partial charge on any atom is 0.0522 e. The number of nitrogens with two attached hydrogens (primary N) is 1. The number of rotatable bonds is 8. The molecule has 1 aliphatic rings. The van der Waals surface area contributed by atoms with E-state index in [1.807, 2.05) is 10.9 Å². The average molecular weight is 293 g/mol. The summed E-state index contributed by atoms with van der Waals surface area (Å²) in [5, 5.41) is 4.39. The first-order chi connectivity index (χ1) is 10.2. The summed E-state index contributed by atoms with van der Waals surface area (Å²) in [4.78, 5) is 2.65. The Bertz CT molecular complexity index is 418. The first kappa shape index (κ1) is 16.5. The predicted molar refractivity (Wildman–Crippen MR) is 86.8 cm³/mol. The summed E-state index contributed by atoms with van der Waals surface area (Å²) in [5.74, 6) is 5.96. The minimum absolute atomic E-state index is 0.152. The molecule has 2 heterocycles. The number of aryl methyl sites for hydroxylation is 1. The highest BCUT2D eigenvalue weighted by Gasteiger charge is 2.41. The smallest absolute Gasteiger partial charge is 0.0522 e. The minimum atomic E-state index is 0.152. The SMILES string of the molecule is CCn1cc(CC(NN)C(CC)(CC)N2CCCC2)cn1. The number of nitrogens with one attached hydrogen (secondary N) is 1. The molecular weight excluding hydrogens is 262 g/mol. The molecule has 1 fully saturated rings. The van der Waals surface area contributed by atoms with Gasteiger partial charge >= 0.3 is 0 Å². The lowest BCUT2D eigenvalue weighted by Gasteiger charge is -2.46. The molecule has 1 saturated heterocycles. The third-order valence-corrected chi connectivity index (χ3v) is 5.26. The largest absolute Gasteiger partial charge is 0.296 e. The van der Waals surface area contributed by atoms with Crippen molar-refractivity contribution in [1.82, 2.24) is 20.1 Å². The third kappa shape index (κ3) is 3.30. The van der Waals surface area contributed by atoms with Crippen LogP contribution in [0.5, 0.6) is 0 Å². The number of likely N-dealkylation sites (tertiary alicyclic amines) is 1. The van der Waals surface area contributed by atoms with E-state index < -0.39 is 0 Å². The van der Waals surface area contributed by atoms with Crippen molar-refractivity contribution in [2.75, 3.05) is 13.1 Å². The van der Waals surface area contributed by atoms with Crippen LogP contribution in [0.25, 0.3) is 0 Å². The Morgan fingerprint density at radius 2 is 1.95 bits per heavy atom. The molecule has 5 heteroatoms. The Kier molecular flexibility index (Phi) is 5.79. The summed E-state index contributed by atoms with van der Waals surface area (Å²) < 4.78 is 1.98. The van der Waals surface area contributed by atoms with Gasteiger partial charge in [-0.3, -0.25) is 20.9 Å². The fourth-order valence-electron chi connectivity index (χ4n) is 3.90. The molecule has 0 saturated carbocycles. The van der Waals surface area contributed by atoms with E-state index in [0.717, 1.165) is 25.8 Å². The maximum atomic E-state index is 5.96. The number of hydrogen-bond acceptors (Lipinski definition) is 4. The van der Waals surface area contributed by atoms with Crippen LogP contribution >= 0.6 is 0 Å². The average Bonchev–Trinajstić information content (AvgIpc) is 3.19. The molecule has 1 atom stereocenters. The predicted octanol–water partition coefficient (Wildman–Crippen LogP) is 1.93. The van der Waals surface area contributed by atoms with Crippen molar-refractivity contribution in [3.8, 4) is 0 Å². The van der Waals surface area contributed by atoms with Gasteiger partial charge in [0.1, 0.15) is 0 Å². The van der Waals surface area contributed by atoms with E-state index in [4.69, 9.17) is 5.84 Å². The van der Waals surface area contributed by atoms with Crippen molar-refractivity contribution in [1.29, 1.82) is 0 Å². The zero-order valence-electron chi connectivity index (χ0n) is 13.8. The van der Waals surface area contributed by atoms with Gasteiger partial charge in [-0.05, 0) is 57.7 Å². The van der Waals surface area contributed by atoms with Crippen LogP contribution in [-0.4, -0.2) is 39.4 Å². The van der Waals surface area contributed by atoms with Crippen molar-refractivity contribution in [3.05, 3.63) is 18.0 Å². The Hall–Kier alpha value is -0.910. The van der Waals surface area contributed by atoms with Gasteiger partial charge in [-0.2, -0.15) is 5.10 Å². The highest BCUT2D eigenvalue weighted by Crippen LogP contribution is 2.32. The Morgan fingerprint density at radius 1 is 1.29 bits per heavy atom. The summed E-state index contributed by atoms with van der Waals surface area (Å²) in [7, 11) is 0. The van der Waals surface area contributed by atoms with Crippen LogP contribution in [-0.2, 0) is 13.0 Å². The number of hydrazine groups is 1. The second-order valence-corrected chi connectivity index (χ2v) is 6.13. The quantitative estimate of drug-likeness (QED) is 0.568. The molecule has 1 aliphatic heterocycles. The van der Waals surface area contributed by atoms with Gasteiger partial charge in [0.15, 0.2) is 0 Å². The van der Waals surface area contributed by atoms with Crippen LogP contribution in [0.4, 0.5) is 0 Å². The molecule has 3 N–H and O–H groups in total. The topological polar surface area (TPSA) is 59.1 Å². The van der Waals surface area contributed by atoms with Gasteiger partial charge in [0.05, 0.1) is 6.20 Å². The van der Waals surface area contributed by atoms with Gasteiger partial charge in [0.2, 0.25) is 0 Å². The van der Waals surface area contributed by atoms with E-state index in [0.29, 0.717) is 0 Å². The fourth-order valence-corrected chi connectivity index (χ4v) is 3.90.